The van der Waals surface area contributed by atoms with Crippen molar-refractivity contribution in [2.24, 2.45) is 0 Å². The van der Waals surface area contributed by atoms with Gasteiger partial charge in [0.15, 0.2) is 0 Å². The summed E-state index contributed by atoms with van der Waals surface area (Å²) in [5.41, 5.74) is 3.70. The van der Waals surface area contributed by atoms with E-state index in [2.05, 4.69) is 10.5 Å². The van der Waals surface area contributed by atoms with Gasteiger partial charge in [0.1, 0.15) is 11.3 Å². The molecule has 22 heavy (non-hydrogen) atoms. The minimum atomic E-state index is -0.584. The van der Waals surface area contributed by atoms with E-state index in [1.54, 1.807) is 43.6 Å². The van der Waals surface area contributed by atoms with E-state index in [9.17, 15) is 9.59 Å². The van der Waals surface area contributed by atoms with Crippen LogP contribution >= 0.6 is 0 Å². The molecule has 1 atom stereocenters. The van der Waals surface area contributed by atoms with E-state index in [4.69, 9.17) is 9.73 Å². The van der Waals surface area contributed by atoms with Gasteiger partial charge in [-0.15, -0.1) is 0 Å². The van der Waals surface area contributed by atoms with Crippen molar-refractivity contribution in [2.75, 3.05) is 0 Å². The maximum atomic E-state index is 12.2. The third kappa shape index (κ3) is 3.15. The number of nitrogens with one attached hydrogen (secondary N) is 2. The first-order chi connectivity index (χ1) is 10.4. The van der Waals surface area contributed by atoms with Crippen molar-refractivity contribution in [3.63, 3.8) is 0 Å². The number of carbonyl (C=O) groups is 2. The summed E-state index contributed by atoms with van der Waals surface area (Å²) in [4.78, 5) is 23.5. The van der Waals surface area contributed by atoms with Crippen LogP contribution in [0.4, 0.5) is 0 Å². The van der Waals surface area contributed by atoms with Gasteiger partial charge in [0.25, 0.3) is 11.8 Å². The zero-order valence-electron chi connectivity index (χ0n) is 12.5. The first kappa shape index (κ1) is 15.7. The molecule has 0 bridgehead atoms. The zero-order chi connectivity index (χ0) is 16.3. The predicted molar refractivity (Wildman–Crippen MR) is 77.6 cm³/mol. The van der Waals surface area contributed by atoms with E-state index in [-0.39, 0.29) is 11.9 Å². The molecule has 0 saturated heterocycles. The molecule has 0 saturated carbocycles. The molecular weight excluding hydrogens is 286 g/mol. The molecule has 1 aromatic carbocycles. The van der Waals surface area contributed by atoms with Gasteiger partial charge in [0.05, 0.1) is 11.7 Å². The highest BCUT2D eigenvalue weighted by molar-refractivity contribution is 5.96. The van der Waals surface area contributed by atoms with Crippen LogP contribution in [-0.4, -0.2) is 22.2 Å². The number of aromatic nitrogens is 1. The second-order valence-corrected chi connectivity index (χ2v) is 4.96. The molecule has 116 valence electrons. The Morgan fingerprint density at radius 2 is 1.82 bits per heavy atom. The lowest BCUT2D eigenvalue weighted by Crippen LogP contribution is -2.27. The molecule has 1 aromatic heterocycles. The van der Waals surface area contributed by atoms with E-state index >= 15 is 0 Å². The quantitative estimate of drug-likeness (QED) is 0.591. The standard InChI is InChI=1S/C15H17N3O4/c1-8(11-4-6-12(7-5-11)14(19)17-21)16-15(20)13-9(2)18-22-10(13)3/h4-8,21H,1-3H3,(H,16,20)(H,17,19). The molecule has 7 nitrogen and oxygen atoms in total. The molecule has 7 heteroatoms. The molecular formula is C15H17N3O4. The van der Waals surface area contributed by atoms with Crippen molar-refractivity contribution in [1.82, 2.24) is 16.0 Å². The summed E-state index contributed by atoms with van der Waals surface area (Å²) in [6.45, 7) is 5.22. The van der Waals surface area contributed by atoms with Crippen molar-refractivity contribution in [2.45, 2.75) is 26.8 Å². The Kier molecular flexibility index (Phi) is 4.57. The van der Waals surface area contributed by atoms with Crippen molar-refractivity contribution in [3.8, 4) is 0 Å². The molecule has 0 fully saturated rings. The van der Waals surface area contributed by atoms with Crippen molar-refractivity contribution < 1.29 is 19.3 Å². The highest BCUT2D eigenvalue weighted by Gasteiger charge is 2.19. The summed E-state index contributed by atoms with van der Waals surface area (Å²) in [5, 5.41) is 15.2. The first-order valence-corrected chi connectivity index (χ1v) is 6.72. The average molecular weight is 303 g/mol. The van der Waals surface area contributed by atoms with Gasteiger partial charge in [0, 0.05) is 5.56 Å². The normalized spacial score (nSPS) is 11.8. The van der Waals surface area contributed by atoms with Crippen LogP contribution in [0.3, 0.4) is 0 Å². The molecule has 0 aliphatic rings. The fourth-order valence-corrected chi connectivity index (χ4v) is 2.15. The molecule has 0 aliphatic carbocycles. The third-order valence-corrected chi connectivity index (χ3v) is 3.38. The number of amides is 2. The summed E-state index contributed by atoms with van der Waals surface area (Å²) in [5.74, 6) is -0.378. The summed E-state index contributed by atoms with van der Waals surface area (Å²) in [7, 11) is 0. The van der Waals surface area contributed by atoms with E-state index in [0.29, 0.717) is 22.6 Å². The molecule has 1 unspecified atom stereocenters. The Morgan fingerprint density at radius 3 is 2.32 bits per heavy atom. The fourth-order valence-electron chi connectivity index (χ4n) is 2.15. The van der Waals surface area contributed by atoms with E-state index in [1.807, 2.05) is 6.92 Å². The predicted octanol–water partition coefficient (Wildman–Crippen LogP) is 1.90. The lowest BCUT2D eigenvalue weighted by molar-refractivity contribution is 0.0706. The number of carbonyl (C=O) groups excluding carboxylic acids is 2. The molecule has 0 spiro atoms. The van der Waals surface area contributed by atoms with Crippen LogP contribution in [0.25, 0.3) is 0 Å². The number of hydrogen-bond donors (Lipinski definition) is 3. The summed E-state index contributed by atoms with van der Waals surface area (Å²) >= 11 is 0. The van der Waals surface area contributed by atoms with Gasteiger partial charge in [-0.05, 0) is 38.5 Å². The Bertz CT molecular complexity index is 672. The fraction of sp³-hybridized carbons (Fsp3) is 0.267. The number of rotatable bonds is 4. The molecule has 0 radical (unpaired) electrons. The average Bonchev–Trinajstić information content (AvgIpc) is 2.85. The molecule has 2 amide bonds. The monoisotopic (exact) mass is 303 g/mol. The van der Waals surface area contributed by atoms with Crippen LogP contribution in [-0.2, 0) is 0 Å². The number of nitrogens with zero attached hydrogens (tertiary/aromatic N) is 1. The summed E-state index contributed by atoms with van der Waals surface area (Å²) in [6.07, 6.45) is 0. The summed E-state index contributed by atoms with van der Waals surface area (Å²) in [6, 6.07) is 6.30. The maximum Gasteiger partial charge on any atom is 0.274 e. The zero-order valence-corrected chi connectivity index (χ0v) is 12.5. The maximum absolute atomic E-state index is 12.2. The summed E-state index contributed by atoms with van der Waals surface area (Å²) < 4.78 is 4.98. The van der Waals surface area contributed by atoms with Gasteiger partial charge >= 0.3 is 0 Å². The number of hydrogen-bond acceptors (Lipinski definition) is 5. The van der Waals surface area contributed by atoms with Crippen molar-refractivity contribution >= 4 is 11.8 Å². The largest absolute Gasteiger partial charge is 0.361 e. The number of benzene rings is 1. The van der Waals surface area contributed by atoms with E-state index < -0.39 is 5.91 Å². The van der Waals surface area contributed by atoms with Crippen LogP contribution < -0.4 is 10.8 Å². The topological polar surface area (TPSA) is 104 Å². The molecule has 0 aliphatic heterocycles. The molecule has 2 aromatic rings. The Balaban J connectivity index is 2.10. The Labute approximate surface area is 127 Å². The van der Waals surface area contributed by atoms with Gasteiger partial charge in [-0.3, -0.25) is 14.8 Å². The third-order valence-electron chi connectivity index (χ3n) is 3.38. The number of hydroxylamine groups is 1. The minimum absolute atomic E-state index is 0.257. The Hall–Kier alpha value is -2.67. The molecule has 2 rings (SSSR count). The highest BCUT2D eigenvalue weighted by Crippen LogP contribution is 2.17. The highest BCUT2D eigenvalue weighted by atomic mass is 16.5. The smallest absolute Gasteiger partial charge is 0.274 e. The van der Waals surface area contributed by atoms with E-state index in [1.165, 1.54) is 0 Å². The van der Waals surface area contributed by atoms with Crippen LogP contribution in [0.5, 0.6) is 0 Å². The van der Waals surface area contributed by atoms with Gasteiger partial charge < -0.3 is 9.84 Å². The second kappa shape index (κ2) is 6.40. The second-order valence-electron chi connectivity index (χ2n) is 4.96. The van der Waals surface area contributed by atoms with Crippen LogP contribution in [0, 0.1) is 13.8 Å². The first-order valence-electron chi connectivity index (χ1n) is 6.72. The molecule has 3 N–H and O–H groups in total. The van der Waals surface area contributed by atoms with Gasteiger partial charge in [0.2, 0.25) is 0 Å². The van der Waals surface area contributed by atoms with Crippen LogP contribution in [0.15, 0.2) is 28.8 Å². The van der Waals surface area contributed by atoms with Gasteiger partial charge in [-0.1, -0.05) is 17.3 Å². The number of aryl methyl sites for hydroxylation is 2. The van der Waals surface area contributed by atoms with Crippen LogP contribution in [0.1, 0.15) is 50.7 Å². The SMILES string of the molecule is Cc1noc(C)c1C(=O)NC(C)c1ccc(C(=O)NO)cc1. The van der Waals surface area contributed by atoms with Crippen molar-refractivity contribution in [1.29, 1.82) is 0 Å². The van der Waals surface area contributed by atoms with Gasteiger partial charge in [-0.25, -0.2) is 5.48 Å². The minimum Gasteiger partial charge on any atom is -0.361 e. The molecule has 1 heterocycles. The lowest BCUT2D eigenvalue weighted by Gasteiger charge is -2.14. The van der Waals surface area contributed by atoms with Crippen LogP contribution in [0.2, 0.25) is 0 Å². The van der Waals surface area contributed by atoms with Crippen molar-refractivity contribution in [3.05, 3.63) is 52.4 Å². The lowest BCUT2D eigenvalue weighted by atomic mass is 10.0. The van der Waals surface area contributed by atoms with E-state index in [0.717, 1.165) is 5.56 Å². The van der Waals surface area contributed by atoms with Gasteiger partial charge in [-0.2, -0.15) is 0 Å². The Morgan fingerprint density at radius 1 is 1.18 bits per heavy atom.